The Balaban J connectivity index is 0.00000160. The monoisotopic (exact) mass is 530 g/mol. The maximum absolute atomic E-state index is 12.5. The summed E-state index contributed by atoms with van der Waals surface area (Å²) in [7, 11) is 0. The predicted octanol–water partition coefficient (Wildman–Crippen LogP) is 4.91. The highest BCUT2D eigenvalue weighted by atomic mass is 79.9. The van der Waals surface area contributed by atoms with Crippen LogP contribution in [0.1, 0.15) is 17.2 Å². The minimum absolute atomic E-state index is 0. The van der Waals surface area contributed by atoms with Gasteiger partial charge in [-0.25, -0.2) is 0 Å². The number of fused-ring (bicyclic) bond motifs is 1. The lowest BCUT2D eigenvalue weighted by molar-refractivity contribution is -0.274. The van der Waals surface area contributed by atoms with Crippen molar-refractivity contribution in [3.05, 3.63) is 52.0 Å². The number of nitrogens with one attached hydrogen (secondary N) is 1. The fourth-order valence-corrected chi connectivity index (χ4v) is 4.06. The Labute approximate surface area is 192 Å². The number of benzene rings is 2. The Hall–Kier alpha value is -1.39. The lowest BCUT2D eigenvalue weighted by Gasteiger charge is -2.36. The fraction of sp³-hybridized carbons (Fsp3) is 0.368. The second-order valence-electron chi connectivity index (χ2n) is 6.53. The van der Waals surface area contributed by atoms with Crippen LogP contribution in [-0.2, 0) is 0 Å². The van der Waals surface area contributed by atoms with Gasteiger partial charge >= 0.3 is 6.36 Å². The summed E-state index contributed by atoms with van der Waals surface area (Å²) in [5.74, 6) is 1.10. The summed E-state index contributed by atoms with van der Waals surface area (Å²) in [4.78, 5) is 2.29. The van der Waals surface area contributed by atoms with E-state index in [0.29, 0.717) is 11.5 Å². The van der Waals surface area contributed by atoms with E-state index in [1.165, 1.54) is 12.1 Å². The predicted molar refractivity (Wildman–Crippen MR) is 114 cm³/mol. The molecule has 2 aliphatic heterocycles. The Kier molecular flexibility index (Phi) is 8.52. The molecular weight excluding hydrogens is 512 g/mol. The molecular formula is C19H20BrCl2F3N2O3. The summed E-state index contributed by atoms with van der Waals surface area (Å²) in [5, 5.41) is 3.32. The van der Waals surface area contributed by atoms with Gasteiger partial charge in [0.05, 0.1) is 6.04 Å². The molecule has 1 atom stereocenters. The van der Waals surface area contributed by atoms with Gasteiger partial charge in [-0.2, -0.15) is 0 Å². The van der Waals surface area contributed by atoms with Crippen molar-refractivity contribution < 1.29 is 27.4 Å². The van der Waals surface area contributed by atoms with Crippen LogP contribution < -0.4 is 19.5 Å². The van der Waals surface area contributed by atoms with E-state index in [-0.39, 0.29) is 43.4 Å². The number of rotatable bonds is 4. The largest absolute Gasteiger partial charge is 0.573 e. The highest BCUT2D eigenvalue weighted by molar-refractivity contribution is 9.10. The molecule has 30 heavy (non-hydrogen) atoms. The molecule has 166 valence electrons. The first-order chi connectivity index (χ1) is 13.4. The van der Waals surface area contributed by atoms with E-state index in [1.807, 2.05) is 12.1 Å². The van der Waals surface area contributed by atoms with Gasteiger partial charge in [-0.15, -0.1) is 38.0 Å². The zero-order valence-corrected chi connectivity index (χ0v) is 18.8. The standard InChI is InChI=1S/C19H18BrF3N2O3.2ClH/c20-15-10-17-16(26-11-27-17)9-14(15)18(25-7-5-24-6-8-25)12-1-3-13(4-2-12)28-19(21,22)23;;/h1-4,9-10,18,24H,5-8,11H2;2*1H/t18-;;/m1../s1. The zero-order valence-electron chi connectivity index (χ0n) is 15.6. The maximum atomic E-state index is 12.5. The molecule has 2 aromatic rings. The van der Waals surface area contributed by atoms with Gasteiger partial charge in [-0.1, -0.05) is 28.1 Å². The summed E-state index contributed by atoms with van der Waals surface area (Å²) in [5.41, 5.74) is 1.84. The average molecular weight is 532 g/mol. The molecule has 0 radical (unpaired) electrons. The highest BCUT2D eigenvalue weighted by Gasteiger charge is 2.32. The van der Waals surface area contributed by atoms with Crippen LogP contribution in [0.5, 0.6) is 17.2 Å². The Bertz CT molecular complexity index is 850. The van der Waals surface area contributed by atoms with Crippen molar-refractivity contribution in [2.75, 3.05) is 33.0 Å². The van der Waals surface area contributed by atoms with Crippen molar-refractivity contribution in [2.24, 2.45) is 0 Å². The average Bonchev–Trinajstić information content (AvgIpc) is 3.10. The number of hydrogen-bond donors (Lipinski definition) is 1. The molecule has 0 amide bonds. The summed E-state index contributed by atoms with van der Waals surface area (Å²) in [6.07, 6.45) is -4.71. The number of piperazine rings is 1. The van der Waals surface area contributed by atoms with Gasteiger partial charge in [0.15, 0.2) is 11.5 Å². The Morgan fingerprint density at radius 3 is 2.20 bits per heavy atom. The summed E-state index contributed by atoms with van der Waals surface area (Å²) in [6.45, 7) is 3.48. The van der Waals surface area contributed by atoms with E-state index < -0.39 is 6.36 Å². The first kappa shape index (κ1) is 24.9. The number of nitrogens with zero attached hydrogens (tertiary/aromatic N) is 1. The molecule has 2 aromatic carbocycles. The molecule has 5 nitrogen and oxygen atoms in total. The van der Waals surface area contributed by atoms with E-state index in [4.69, 9.17) is 9.47 Å². The molecule has 1 saturated heterocycles. The van der Waals surface area contributed by atoms with E-state index in [2.05, 4.69) is 30.9 Å². The second kappa shape index (κ2) is 10.3. The molecule has 2 aliphatic rings. The molecule has 0 saturated carbocycles. The normalized spacial score (nSPS) is 16.9. The smallest absolute Gasteiger partial charge is 0.454 e. The van der Waals surface area contributed by atoms with E-state index >= 15 is 0 Å². The number of hydrogen-bond acceptors (Lipinski definition) is 5. The van der Waals surface area contributed by atoms with E-state index in [0.717, 1.165) is 41.8 Å². The van der Waals surface area contributed by atoms with Gasteiger partial charge in [0.2, 0.25) is 6.79 Å². The quantitative estimate of drug-likeness (QED) is 0.607. The molecule has 0 aromatic heterocycles. The number of alkyl halides is 3. The van der Waals surface area contributed by atoms with Gasteiger partial charge < -0.3 is 19.5 Å². The van der Waals surface area contributed by atoms with Crippen LogP contribution in [0.4, 0.5) is 13.2 Å². The van der Waals surface area contributed by atoms with Crippen LogP contribution in [0, 0.1) is 0 Å². The lowest BCUT2D eigenvalue weighted by atomic mass is 9.96. The number of halogens is 6. The van der Waals surface area contributed by atoms with Gasteiger partial charge in [0, 0.05) is 30.7 Å². The first-order valence-electron chi connectivity index (χ1n) is 8.80. The minimum atomic E-state index is -4.71. The minimum Gasteiger partial charge on any atom is -0.454 e. The third-order valence-electron chi connectivity index (χ3n) is 4.73. The number of ether oxygens (including phenoxy) is 3. The maximum Gasteiger partial charge on any atom is 0.573 e. The summed E-state index contributed by atoms with van der Waals surface area (Å²) >= 11 is 3.62. The van der Waals surface area contributed by atoms with Crippen LogP contribution in [-0.4, -0.2) is 44.2 Å². The SMILES string of the molecule is Cl.Cl.FC(F)(F)Oc1ccc([C@H](c2cc3c(cc2Br)OCO3)N2CCNCC2)cc1. The first-order valence-corrected chi connectivity index (χ1v) is 9.59. The van der Waals surface area contributed by atoms with Crippen LogP contribution in [0.25, 0.3) is 0 Å². The molecule has 4 rings (SSSR count). The molecule has 2 heterocycles. The third kappa shape index (κ3) is 5.64. The van der Waals surface area contributed by atoms with Gasteiger partial charge in [0.1, 0.15) is 5.75 Å². The molecule has 1 N–H and O–H groups in total. The van der Waals surface area contributed by atoms with Crippen molar-refractivity contribution >= 4 is 40.7 Å². The molecule has 0 spiro atoms. The summed E-state index contributed by atoms with van der Waals surface area (Å²) in [6, 6.07) is 9.69. The van der Waals surface area contributed by atoms with Crippen LogP contribution >= 0.6 is 40.7 Å². The van der Waals surface area contributed by atoms with E-state index in [1.54, 1.807) is 12.1 Å². The zero-order chi connectivity index (χ0) is 19.7. The Morgan fingerprint density at radius 1 is 1.00 bits per heavy atom. The van der Waals surface area contributed by atoms with Crippen molar-refractivity contribution in [1.82, 2.24) is 10.2 Å². The van der Waals surface area contributed by atoms with Crippen LogP contribution in [0.2, 0.25) is 0 Å². The van der Waals surface area contributed by atoms with Crippen LogP contribution in [0.3, 0.4) is 0 Å². The van der Waals surface area contributed by atoms with Crippen molar-refractivity contribution in [1.29, 1.82) is 0 Å². The van der Waals surface area contributed by atoms with Crippen molar-refractivity contribution in [2.45, 2.75) is 12.4 Å². The summed E-state index contributed by atoms with van der Waals surface area (Å²) < 4.78 is 53.2. The molecule has 1 fully saturated rings. The van der Waals surface area contributed by atoms with Gasteiger partial charge in [-0.05, 0) is 35.4 Å². The molecule has 0 bridgehead atoms. The molecule has 11 heteroatoms. The van der Waals surface area contributed by atoms with Gasteiger partial charge in [-0.3, -0.25) is 4.90 Å². The Morgan fingerprint density at radius 2 is 1.60 bits per heavy atom. The highest BCUT2D eigenvalue weighted by Crippen LogP contribution is 2.42. The molecule has 0 unspecified atom stereocenters. The van der Waals surface area contributed by atoms with Crippen LogP contribution in [0.15, 0.2) is 40.9 Å². The van der Waals surface area contributed by atoms with Gasteiger partial charge in [0.25, 0.3) is 0 Å². The van der Waals surface area contributed by atoms with E-state index in [9.17, 15) is 13.2 Å². The lowest BCUT2D eigenvalue weighted by Crippen LogP contribution is -2.45. The second-order valence-corrected chi connectivity index (χ2v) is 7.39. The molecule has 0 aliphatic carbocycles. The third-order valence-corrected chi connectivity index (χ3v) is 5.42. The topological polar surface area (TPSA) is 43.0 Å². The van der Waals surface area contributed by atoms with Crippen molar-refractivity contribution in [3.8, 4) is 17.2 Å². The fourth-order valence-electron chi connectivity index (χ4n) is 3.52. The van der Waals surface area contributed by atoms with Crippen molar-refractivity contribution in [3.63, 3.8) is 0 Å².